The number of nitrogens with one attached hydrogen (secondary N) is 1. The van der Waals surface area contributed by atoms with Gasteiger partial charge in [0.25, 0.3) is 11.5 Å². The molecule has 1 N–H and O–H groups in total. The second kappa shape index (κ2) is 8.36. The summed E-state index contributed by atoms with van der Waals surface area (Å²) in [7, 11) is 3.84. The fraction of sp³-hybridized carbons (Fsp3) is 0.333. The number of aromatic amines is 1. The standard InChI is InChI=1S/C24H25N3O3.ClH/c1-26-12-16-13-27(14-21(16)22(26)15-7-9-17(30-2)10-8-15)24(29)20-11-25-23(28)19-6-4-3-5-18(19)20;/h3-11,16,21-22H,12-14H2,1-2H3,(H,25,28);1H/t16-,21+,22+;/m0./s1. The van der Waals surface area contributed by atoms with Gasteiger partial charge in [0.15, 0.2) is 0 Å². The monoisotopic (exact) mass is 439 g/mol. The number of H-pyrrole nitrogens is 1. The van der Waals surface area contributed by atoms with Gasteiger partial charge >= 0.3 is 0 Å². The molecule has 31 heavy (non-hydrogen) atoms. The summed E-state index contributed by atoms with van der Waals surface area (Å²) in [6.45, 7) is 2.43. The Morgan fingerprint density at radius 1 is 1.03 bits per heavy atom. The van der Waals surface area contributed by atoms with Crippen LogP contribution in [-0.2, 0) is 0 Å². The van der Waals surface area contributed by atoms with Crippen LogP contribution in [0, 0.1) is 11.8 Å². The van der Waals surface area contributed by atoms with Crippen LogP contribution in [0.15, 0.2) is 59.5 Å². The maximum atomic E-state index is 13.4. The van der Waals surface area contributed by atoms with Crippen LogP contribution in [-0.4, -0.2) is 54.5 Å². The van der Waals surface area contributed by atoms with Gasteiger partial charge < -0.3 is 14.6 Å². The van der Waals surface area contributed by atoms with Crippen molar-refractivity contribution in [1.82, 2.24) is 14.8 Å². The van der Waals surface area contributed by atoms with Gasteiger partial charge in [0.2, 0.25) is 0 Å². The molecule has 2 saturated heterocycles. The van der Waals surface area contributed by atoms with Crippen LogP contribution in [0.2, 0.25) is 0 Å². The van der Waals surface area contributed by atoms with Crippen LogP contribution < -0.4 is 10.3 Å². The Bertz CT molecular complexity index is 1160. The van der Waals surface area contributed by atoms with Crippen LogP contribution >= 0.6 is 12.4 Å². The number of aromatic nitrogens is 1. The third kappa shape index (κ3) is 3.60. The Balaban J connectivity index is 0.00000231. The molecule has 0 bridgehead atoms. The average molecular weight is 440 g/mol. The molecule has 2 fully saturated rings. The molecule has 0 aliphatic carbocycles. The lowest BCUT2D eigenvalue weighted by atomic mass is 9.89. The number of fused-ring (bicyclic) bond motifs is 2. The summed E-state index contributed by atoms with van der Waals surface area (Å²) in [5.74, 6) is 1.68. The maximum Gasteiger partial charge on any atom is 0.255 e. The molecule has 6 nitrogen and oxygen atoms in total. The Morgan fingerprint density at radius 2 is 1.74 bits per heavy atom. The first-order chi connectivity index (χ1) is 14.6. The van der Waals surface area contributed by atoms with Gasteiger partial charge in [-0.2, -0.15) is 0 Å². The predicted octanol–water partition coefficient (Wildman–Crippen LogP) is 3.33. The number of pyridine rings is 1. The highest BCUT2D eigenvalue weighted by Crippen LogP contribution is 2.44. The highest BCUT2D eigenvalue weighted by Gasteiger charge is 2.47. The minimum Gasteiger partial charge on any atom is -0.497 e. The molecule has 1 amide bonds. The van der Waals surface area contributed by atoms with E-state index in [-0.39, 0.29) is 29.9 Å². The molecule has 1 aromatic heterocycles. The highest BCUT2D eigenvalue weighted by molar-refractivity contribution is 6.06. The van der Waals surface area contributed by atoms with Crippen LogP contribution in [0.1, 0.15) is 22.0 Å². The van der Waals surface area contributed by atoms with E-state index in [4.69, 9.17) is 4.74 Å². The summed E-state index contributed by atoms with van der Waals surface area (Å²) >= 11 is 0. The number of rotatable bonds is 3. The fourth-order valence-corrected chi connectivity index (χ4v) is 5.28. The summed E-state index contributed by atoms with van der Waals surface area (Å²) in [5.41, 5.74) is 1.66. The molecule has 0 unspecified atom stereocenters. The van der Waals surface area contributed by atoms with E-state index in [0.29, 0.717) is 28.2 Å². The van der Waals surface area contributed by atoms with Crippen LogP contribution in [0.5, 0.6) is 5.75 Å². The second-order valence-electron chi connectivity index (χ2n) is 8.37. The van der Waals surface area contributed by atoms with Crippen molar-refractivity contribution < 1.29 is 9.53 Å². The molecule has 162 valence electrons. The minimum atomic E-state index is -0.165. The van der Waals surface area contributed by atoms with Crippen molar-refractivity contribution in [3.8, 4) is 5.75 Å². The molecular weight excluding hydrogens is 414 g/mol. The zero-order valence-corrected chi connectivity index (χ0v) is 18.4. The van der Waals surface area contributed by atoms with E-state index in [9.17, 15) is 9.59 Å². The van der Waals surface area contributed by atoms with Gasteiger partial charge in [0.05, 0.1) is 12.7 Å². The van der Waals surface area contributed by atoms with E-state index in [0.717, 1.165) is 25.4 Å². The summed E-state index contributed by atoms with van der Waals surface area (Å²) in [6, 6.07) is 15.8. The van der Waals surface area contributed by atoms with E-state index in [1.165, 1.54) is 5.56 Å². The van der Waals surface area contributed by atoms with E-state index in [1.54, 1.807) is 19.4 Å². The van der Waals surface area contributed by atoms with Gasteiger partial charge in [-0.1, -0.05) is 30.3 Å². The number of amides is 1. The summed E-state index contributed by atoms with van der Waals surface area (Å²) in [6.07, 6.45) is 1.56. The first kappa shape index (κ1) is 21.4. The number of carbonyl (C=O) groups excluding carboxylic acids is 1. The third-order valence-electron chi connectivity index (χ3n) is 6.68. The van der Waals surface area contributed by atoms with Crippen LogP contribution in [0.3, 0.4) is 0 Å². The van der Waals surface area contributed by atoms with Gasteiger partial charge in [-0.15, -0.1) is 12.4 Å². The number of hydrogen-bond donors (Lipinski definition) is 1. The SMILES string of the molecule is COc1ccc([C@@H]2[C@@H]3CN(C(=O)c4c[nH]c(=O)c5ccccc45)C[C@@H]3CN2C)cc1.Cl. The van der Waals surface area contributed by atoms with Gasteiger partial charge in [0, 0.05) is 48.6 Å². The quantitative estimate of drug-likeness (QED) is 0.679. The molecule has 2 aliphatic heterocycles. The number of ether oxygens (including phenoxy) is 1. The molecular formula is C24H26ClN3O3. The number of likely N-dealkylation sites (tertiary alicyclic amines) is 2. The van der Waals surface area contributed by atoms with Crippen molar-refractivity contribution in [2.45, 2.75) is 6.04 Å². The van der Waals surface area contributed by atoms with E-state index < -0.39 is 0 Å². The number of nitrogens with zero attached hydrogens (tertiary/aromatic N) is 2. The molecule has 2 aliphatic rings. The minimum absolute atomic E-state index is 0. The molecule has 7 heteroatoms. The fourth-order valence-electron chi connectivity index (χ4n) is 5.28. The Kier molecular flexibility index (Phi) is 5.77. The lowest BCUT2D eigenvalue weighted by Crippen LogP contribution is -2.33. The Labute approximate surface area is 187 Å². The molecule has 0 saturated carbocycles. The molecule has 0 radical (unpaired) electrons. The first-order valence-electron chi connectivity index (χ1n) is 10.3. The smallest absolute Gasteiger partial charge is 0.255 e. The lowest BCUT2D eigenvalue weighted by Gasteiger charge is -2.27. The zero-order chi connectivity index (χ0) is 20.8. The summed E-state index contributed by atoms with van der Waals surface area (Å²) in [5, 5.41) is 1.27. The van der Waals surface area contributed by atoms with Gasteiger partial charge in [0.1, 0.15) is 5.75 Å². The van der Waals surface area contributed by atoms with Crippen LogP contribution in [0.25, 0.3) is 10.8 Å². The largest absolute Gasteiger partial charge is 0.497 e. The van der Waals surface area contributed by atoms with Crippen molar-refractivity contribution in [2.24, 2.45) is 11.8 Å². The van der Waals surface area contributed by atoms with Gasteiger partial charge in [-0.25, -0.2) is 0 Å². The highest BCUT2D eigenvalue weighted by atomic mass is 35.5. The Hall–Kier alpha value is -2.83. The molecule has 2 aromatic carbocycles. The summed E-state index contributed by atoms with van der Waals surface area (Å²) < 4.78 is 5.29. The summed E-state index contributed by atoms with van der Waals surface area (Å²) in [4.78, 5) is 32.6. The maximum absolute atomic E-state index is 13.4. The van der Waals surface area contributed by atoms with E-state index >= 15 is 0 Å². The van der Waals surface area contributed by atoms with Gasteiger partial charge in [-0.05, 0) is 36.7 Å². The molecule has 3 heterocycles. The average Bonchev–Trinajstić information content (AvgIpc) is 3.30. The number of benzene rings is 2. The van der Waals surface area contributed by atoms with Gasteiger partial charge in [-0.3, -0.25) is 14.5 Å². The number of hydrogen-bond acceptors (Lipinski definition) is 4. The van der Waals surface area contributed by atoms with Crippen molar-refractivity contribution in [1.29, 1.82) is 0 Å². The van der Waals surface area contributed by atoms with Crippen molar-refractivity contribution in [3.05, 3.63) is 76.2 Å². The second-order valence-corrected chi connectivity index (χ2v) is 8.37. The zero-order valence-electron chi connectivity index (χ0n) is 17.6. The van der Waals surface area contributed by atoms with Crippen LogP contribution in [0.4, 0.5) is 0 Å². The first-order valence-corrected chi connectivity index (χ1v) is 10.3. The van der Waals surface area contributed by atoms with Crippen molar-refractivity contribution in [3.63, 3.8) is 0 Å². The molecule has 3 atom stereocenters. The number of halogens is 1. The topological polar surface area (TPSA) is 65.6 Å². The van der Waals surface area contributed by atoms with Crippen molar-refractivity contribution in [2.75, 3.05) is 33.8 Å². The molecule has 0 spiro atoms. The third-order valence-corrected chi connectivity index (χ3v) is 6.68. The lowest BCUT2D eigenvalue weighted by molar-refractivity contribution is 0.0769. The van der Waals surface area contributed by atoms with E-state index in [2.05, 4.69) is 29.1 Å². The number of methoxy groups -OCH3 is 1. The predicted molar refractivity (Wildman–Crippen MR) is 123 cm³/mol. The molecule has 5 rings (SSSR count). The van der Waals surface area contributed by atoms with E-state index in [1.807, 2.05) is 35.2 Å². The Morgan fingerprint density at radius 3 is 2.45 bits per heavy atom. The molecule has 3 aromatic rings. The van der Waals surface area contributed by atoms with Crippen molar-refractivity contribution >= 4 is 29.1 Å². The normalized spacial score (nSPS) is 22.9. The number of carbonyl (C=O) groups is 1.